The maximum absolute atomic E-state index is 13.1. The lowest BCUT2D eigenvalue weighted by atomic mass is 10.1. The lowest BCUT2D eigenvalue weighted by molar-refractivity contribution is -0.114. The zero-order valence-corrected chi connectivity index (χ0v) is 16.1. The van der Waals surface area contributed by atoms with Gasteiger partial charge in [-0.1, -0.05) is 24.3 Å². The monoisotopic (exact) mass is 403 g/mol. The fourth-order valence-corrected chi connectivity index (χ4v) is 3.34. The molecular formula is C23H18FN3O3. The molecule has 1 heterocycles. The predicted octanol–water partition coefficient (Wildman–Crippen LogP) is 4.20. The minimum atomic E-state index is -0.446. The minimum absolute atomic E-state index is 0.278. The lowest BCUT2D eigenvalue weighted by Crippen LogP contribution is -2.30. The van der Waals surface area contributed by atoms with Crippen molar-refractivity contribution in [1.82, 2.24) is 0 Å². The van der Waals surface area contributed by atoms with Gasteiger partial charge in [0.05, 0.1) is 22.5 Å². The van der Waals surface area contributed by atoms with Crippen molar-refractivity contribution >= 4 is 34.8 Å². The van der Waals surface area contributed by atoms with Crippen molar-refractivity contribution in [2.75, 3.05) is 15.5 Å². The molecular weight excluding hydrogens is 385 g/mol. The fourth-order valence-electron chi connectivity index (χ4n) is 3.34. The first-order valence-corrected chi connectivity index (χ1v) is 9.32. The normalized spacial score (nSPS) is 12.7. The number of imide groups is 1. The highest BCUT2D eigenvalue weighted by molar-refractivity contribution is 6.35. The summed E-state index contributed by atoms with van der Waals surface area (Å²) in [5, 5.41) is 5.86. The van der Waals surface area contributed by atoms with Gasteiger partial charge in [0.25, 0.3) is 11.8 Å². The molecule has 4 rings (SSSR count). The maximum atomic E-state index is 13.1. The van der Waals surface area contributed by atoms with Gasteiger partial charge >= 0.3 is 0 Å². The van der Waals surface area contributed by atoms with E-state index in [0.717, 1.165) is 10.5 Å². The first-order chi connectivity index (χ1) is 14.4. The molecule has 7 heteroatoms. The summed E-state index contributed by atoms with van der Waals surface area (Å²) in [7, 11) is 0. The number of nitrogens with zero attached hydrogens (tertiary/aromatic N) is 1. The molecule has 6 nitrogen and oxygen atoms in total. The number of hydrogen-bond acceptors (Lipinski definition) is 4. The van der Waals surface area contributed by atoms with E-state index >= 15 is 0 Å². The largest absolute Gasteiger partial charge is 0.381 e. The molecule has 0 aliphatic carbocycles. The van der Waals surface area contributed by atoms with Crippen LogP contribution in [0.25, 0.3) is 0 Å². The number of nitrogens with one attached hydrogen (secondary N) is 2. The molecule has 2 N–H and O–H groups in total. The second-order valence-corrected chi connectivity index (χ2v) is 6.88. The first-order valence-electron chi connectivity index (χ1n) is 9.32. The van der Waals surface area contributed by atoms with Crippen molar-refractivity contribution in [3.8, 4) is 0 Å². The first kappa shape index (κ1) is 19.3. The third-order valence-electron chi connectivity index (χ3n) is 4.75. The average molecular weight is 403 g/mol. The number of benzene rings is 3. The van der Waals surface area contributed by atoms with E-state index in [4.69, 9.17) is 0 Å². The van der Waals surface area contributed by atoms with Crippen molar-refractivity contribution in [2.45, 2.75) is 13.5 Å². The van der Waals surface area contributed by atoms with Crippen LogP contribution in [0.5, 0.6) is 0 Å². The number of hydrogen-bond donors (Lipinski definition) is 2. The molecule has 3 aromatic carbocycles. The topological polar surface area (TPSA) is 78.5 Å². The molecule has 0 radical (unpaired) electrons. The van der Waals surface area contributed by atoms with Crippen LogP contribution in [0.2, 0.25) is 0 Å². The highest BCUT2D eigenvalue weighted by atomic mass is 19.1. The number of carbonyl (C=O) groups is 3. The van der Waals surface area contributed by atoms with Gasteiger partial charge in [-0.15, -0.1) is 0 Å². The van der Waals surface area contributed by atoms with Crippen LogP contribution in [0.4, 0.5) is 21.5 Å². The summed E-state index contributed by atoms with van der Waals surface area (Å²) in [5.74, 6) is -1.53. The molecule has 30 heavy (non-hydrogen) atoms. The summed E-state index contributed by atoms with van der Waals surface area (Å²) in [6, 6.07) is 17.7. The summed E-state index contributed by atoms with van der Waals surface area (Å²) in [6.07, 6.45) is 0. The molecule has 1 aliphatic heterocycles. The van der Waals surface area contributed by atoms with E-state index in [1.54, 1.807) is 54.6 Å². The van der Waals surface area contributed by atoms with E-state index in [0.29, 0.717) is 29.0 Å². The van der Waals surface area contributed by atoms with Crippen LogP contribution in [0, 0.1) is 5.82 Å². The lowest BCUT2D eigenvalue weighted by Gasteiger charge is -2.20. The van der Waals surface area contributed by atoms with Crippen LogP contribution in [-0.2, 0) is 11.3 Å². The summed E-state index contributed by atoms with van der Waals surface area (Å²) >= 11 is 0. The second kappa shape index (κ2) is 7.79. The molecule has 3 amide bonds. The Balaban J connectivity index is 1.67. The van der Waals surface area contributed by atoms with E-state index in [1.165, 1.54) is 19.1 Å². The van der Waals surface area contributed by atoms with Gasteiger partial charge in [0, 0.05) is 19.2 Å². The Morgan fingerprint density at radius 2 is 1.57 bits per heavy atom. The molecule has 0 atom stereocenters. The summed E-state index contributed by atoms with van der Waals surface area (Å²) < 4.78 is 13.1. The molecule has 0 fully saturated rings. The number of carbonyl (C=O) groups excluding carboxylic acids is 3. The maximum Gasteiger partial charge on any atom is 0.266 e. The molecule has 0 saturated carbocycles. The van der Waals surface area contributed by atoms with Crippen LogP contribution >= 0.6 is 0 Å². The molecule has 150 valence electrons. The molecule has 0 aromatic heterocycles. The predicted molar refractivity (Wildman–Crippen MR) is 112 cm³/mol. The van der Waals surface area contributed by atoms with E-state index in [2.05, 4.69) is 10.6 Å². The number of anilines is 3. The zero-order valence-electron chi connectivity index (χ0n) is 16.1. The van der Waals surface area contributed by atoms with E-state index < -0.39 is 11.8 Å². The Hall–Kier alpha value is -4.00. The molecule has 3 aromatic rings. The van der Waals surface area contributed by atoms with Crippen molar-refractivity contribution in [2.24, 2.45) is 0 Å². The standard InChI is InChI=1S/C23H18FN3O3/c1-14(28)26-20-11-10-17(25-13-15-6-8-16(24)9-7-15)12-21(20)27-22(29)18-4-2-3-5-19(18)23(27)30/h2-12,25H,13H2,1H3,(H,26,28). The Labute approximate surface area is 172 Å². The van der Waals surface area contributed by atoms with Crippen molar-refractivity contribution in [3.63, 3.8) is 0 Å². The number of halogens is 1. The third-order valence-corrected chi connectivity index (χ3v) is 4.75. The average Bonchev–Trinajstić information content (AvgIpc) is 2.99. The van der Waals surface area contributed by atoms with Crippen molar-refractivity contribution in [3.05, 3.63) is 89.2 Å². The molecule has 0 bridgehead atoms. The van der Waals surface area contributed by atoms with Crippen LogP contribution in [0.1, 0.15) is 33.2 Å². The van der Waals surface area contributed by atoms with E-state index in [1.807, 2.05) is 0 Å². The van der Waals surface area contributed by atoms with Gasteiger partial charge in [-0.05, 0) is 48.0 Å². The SMILES string of the molecule is CC(=O)Nc1ccc(NCc2ccc(F)cc2)cc1N1C(=O)c2ccccc2C1=O. The Bertz CT molecular complexity index is 1120. The highest BCUT2D eigenvalue weighted by Crippen LogP contribution is 2.35. The smallest absolute Gasteiger partial charge is 0.266 e. The van der Waals surface area contributed by atoms with Crippen molar-refractivity contribution in [1.29, 1.82) is 0 Å². The van der Waals surface area contributed by atoms with Crippen LogP contribution in [-0.4, -0.2) is 17.7 Å². The molecule has 0 spiro atoms. The van der Waals surface area contributed by atoms with Crippen LogP contribution in [0.3, 0.4) is 0 Å². The second-order valence-electron chi connectivity index (χ2n) is 6.88. The Morgan fingerprint density at radius 3 is 2.17 bits per heavy atom. The van der Waals surface area contributed by atoms with Crippen molar-refractivity contribution < 1.29 is 18.8 Å². The number of amides is 3. The zero-order chi connectivity index (χ0) is 21.3. The van der Waals surface area contributed by atoms with Gasteiger partial charge in [0.1, 0.15) is 5.82 Å². The fraction of sp³-hybridized carbons (Fsp3) is 0.0870. The molecule has 0 saturated heterocycles. The van der Waals surface area contributed by atoms with Gasteiger partial charge in [-0.2, -0.15) is 0 Å². The van der Waals surface area contributed by atoms with Gasteiger partial charge in [-0.25, -0.2) is 9.29 Å². The van der Waals surface area contributed by atoms with Gasteiger partial charge < -0.3 is 10.6 Å². The van der Waals surface area contributed by atoms with Gasteiger partial charge in [0.2, 0.25) is 5.91 Å². The molecule has 0 unspecified atom stereocenters. The van der Waals surface area contributed by atoms with E-state index in [9.17, 15) is 18.8 Å². The van der Waals surface area contributed by atoms with Gasteiger partial charge in [-0.3, -0.25) is 14.4 Å². The van der Waals surface area contributed by atoms with Crippen LogP contribution in [0.15, 0.2) is 66.7 Å². The minimum Gasteiger partial charge on any atom is -0.381 e. The number of fused-ring (bicyclic) bond motifs is 1. The summed E-state index contributed by atoms with van der Waals surface area (Å²) in [4.78, 5) is 38.5. The Kier molecular flexibility index (Phi) is 5.02. The highest BCUT2D eigenvalue weighted by Gasteiger charge is 2.37. The van der Waals surface area contributed by atoms with Crippen LogP contribution < -0.4 is 15.5 Å². The quantitative estimate of drug-likeness (QED) is 0.626. The van der Waals surface area contributed by atoms with E-state index in [-0.39, 0.29) is 17.4 Å². The third kappa shape index (κ3) is 3.65. The van der Waals surface area contributed by atoms with Gasteiger partial charge in [0.15, 0.2) is 0 Å². The summed E-state index contributed by atoms with van der Waals surface area (Å²) in [5.41, 5.74) is 2.77. The summed E-state index contributed by atoms with van der Waals surface area (Å²) in [6.45, 7) is 1.77. The Morgan fingerprint density at radius 1 is 0.933 bits per heavy atom. The number of rotatable bonds is 5. The molecule has 1 aliphatic rings.